The van der Waals surface area contributed by atoms with E-state index in [1.165, 1.54) is 20.9 Å². The van der Waals surface area contributed by atoms with E-state index in [2.05, 4.69) is 81.4 Å². The van der Waals surface area contributed by atoms with Crippen molar-refractivity contribution >= 4 is 38.6 Å². The zero-order chi connectivity index (χ0) is 14.7. The quantitative estimate of drug-likeness (QED) is 0.567. The molecule has 0 radical (unpaired) electrons. The Morgan fingerprint density at radius 3 is 2.67 bits per heavy atom. The molecule has 0 saturated carbocycles. The second-order valence-corrected chi connectivity index (χ2v) is 7.79. The molecule has 108 valence electrons. The van der Waals surface area contributed by atoms with Crippen molar-refractivity contribution in [3.63, 3.8) is 0 Å². The minimum absolute atomic E-state index is 0.352. The summed E-state index contributed by atoms with van der Waals surface area (Å²) in [7, 11) is 0. The maximum atomic E-state index is 3.59. The molecule has 3 aromatic rings. The molecule has 1 nitrogen and oxygen atoms in total. The summed E-state index contributed by atoms with van der Waals surface area (Å²) in [4.78, 5) is 2.72. The molecule has 4 heteroatoms. The lowest BCUT2D eigenvalue weighted by molar-refractivity contribution is 0.579. The summed E-state index contributed by atoms with van der Waals surface area (Å²) in [5.74, 6) is 0. The molecular formula is C17H16BrNS2. The van der Waals surface area contributed by atoms with Crippen molar-refractivity contribution in [2.75, 3.05) is 0 Å². The molecule has 1 aromatic carbocycles. The largest absolute Gasteiger partial charge is 0.305 e. The Hall–Kier alpha value is -0.940. The van der Waals surface area contributed by atoms with Crippen LogP contribution in [0.5, 0.6) is 0 Å². The highest BCUT2D eigenvalue weighted by atomic mass is 79.9. The van der Waals surface area contributed by atoms with Crippen molar-refractivity contribution in [2.24, 2.45) is 0 Å². The van der Waals surface area contributed by atoms with E-state index in [1.54, 1.807) is 11.3 Å². The van der Waals surface area contributed by atoms with Gasteiger partial charge in [-0.25, -0.2) is 0 Å². The summed E-state index contributed by atoms with van der Waals surface area (Å²) in [6.45, 7) is 3.12. The summed E-state index contributed by atoms with van der Waals surface area (Å²) in [5.41, 5.74) is 2.65. The van der Waals surface area contributed by atoms with Crippen LogP contribution in [0.25, 0.3) is 10.4 Å². The third-order valence-corrected chi connectivity index (χ3v) is 5.80. The Morgan fingerprint density at radius 2 is 1.95 bits per heavy atom. The van der Waals surface area contributed by atoms with Crippen LogP contribution < -0.4 is 5.32 Å². The average molecular weight is 378 g/mol. The average Bonchev–Trinajstić information content (AvgIpc) is 3.16. The standard InChI is InChI=1S/C17H16BrNS2/c1-12(13-4-6-15(18)7-5-13)19-10-16-9-14(11-21-16)17-3-2-8-20-17/h2-9,11-12,19H,10H2,1H3. The van der Waals surface area contributed by atoms with Crippen molar-refractivity contribution in [3.05, 3.63) is 68.1 Å². The number of halogens is 1. The summed E-state index contributed by atoms with van der Waals surface area (Å²) in [6, 6.07) is 15.4. The van der Waals surface area contributed by atoms with Crippen molar-refractivity contribution in [1.29, 1.82) is 0 Å². The van der Waals surface area contributed by atoms with Crippen molar-refractivity contribution < 1.29 is 0 Å². The van der Waals surface area contributed by atoms with Gasteiger partial charge in [0.25, 0.3) is 0 Å². The molecule has 0 aliphatic heterocycles. The molecule has 3 rings (SSSR count). The first-order valence-corrected chi connectivity index (χ1v) is 9.38. The highest BCUT2D eigenvalue weighted by molar-refractivity contribution is 9.10. The smallest absolute Gasteiger partial charge is 0.0351 e. The second-order valence-electron chi connectivity index (χ2n) is 4.93. The molecule has 1 atom stereocenters. The number of thiophene rings is 2. The van der Waals surface area contributed by atoms with E-state index in [4.69, 9.17) is 0 Å². The number of rotatable bonds is 5. The van der Waals surface area contributed by atoms with Crippen LogP contribution in [0.15, 0.2) is 57.7 Å². The molecule has 1 unspecified atom stereocenters. The maximum absolute atomic E-state index is 3.59. The van der Waals surface area contributed by atoms with E-state index < -0.39 is 0 Å². The van der Waals surface area contributed by atoms with Crippen LogP contribution in [0.3, 0.4) is 0 Å². The van der Waals surface area contributed by atoms with E-state index >= 15 is 0 Å². The van der Waals surface area contributed by atoms with Gasteiger partial charge in [-0.1, -0.05) is 34.1 Å². The molecule has 0 saturated heterocycles. The van der Waals surface area contributed by atoms with E-state index in [9.17, 15) is 0 Å². The minimum atomic E-state index is 0.352. The normalized spacial score (nSPS) is 12.5. The van der Waals surface area contributed by atoms with Crippen LogP contribution in [-0.4, -0.2) is 0 Å². The van der Waals surface area contributed by atoms with Gasteiger partial charge in [-0.3, -0.25) is 0 Å². The van der Waals surface area contributed by atoms with Crippen LogP contribution in [0, 0.1) is 0 Å². The number of benzene rings is 1. The zero-order valence-electron chi connectivity index (χ0n) is 11.7. The summed E-state index contributed by atoms with van der Waals surface area (Å²) < 4.78 is 1.12. The van der Waals surface area contributed by atoms with Crippen LogP contribution in [0.2, 0.25) is 0 Å². The van der Waals surface area contributed by atoms with E-state index in [0.717, 1.165) is 11.0 Å². The fourth-order valence-corrected chi connectivity index (χ4v) is 4.06. The fraction of sp³-hybridized carbons (Fsp3) is 0.176. The highest BCUT2D eigenvalue weighted by Gasteiger charge is 2.07. The third kappa shape index (κ3) is 3.83. The van der Waals surface area contributed by atoms with Gasteiger partial charge in [-0.05, 0) is 47.5 Å². The minimum Gasteiger partial charge on any atom is -0.305 e. The van der Waals surface area contributed by atoms with Crippen LogP contribution in [0.4, 0.5) is 0 Å². The molecule has 0 aliphatic carbocycles. The summed E-state index contributed by atoms with van der Waals surface area (Å²) in [6.07, 6.45) is 0. The van der Waals surface area contributed by atoms with E-state index in [-0.39, 0.29) is 0 Å². The highest BCUT2D eigenvalue weighted by Crippen LogP contribution is 2.29. The first kappa shape index (κ1) is 15.0. The van der Waals surface area contributed by atoms with Gasteiger partial charge in [0.1, 0.15) is 0 Å². The van der Waals surface area contributed by atoms with Gasteiger partial charge in [-0.15, -0.1) is 22.7 Å². The second kappa shape index (κ2) is 6.88. The van der Waals surface area contributed by atoms with Gasteiger partial charge in [0.05, 0.1) is 0 Å². The molecule has 0 amide bonds. The van der Waals surface area contributed by atoms with Crippen LogP contribution in [0.1, 0.15) is 23.4 Å². The molecule has 0 bridgehead atoms. The summed E-state index contributed by atoms with van der Waals surface area (Å²) in [5, 5.41) is 7.96. The molecule has 1 N–H and O–H groups in total. The lowest BCUT2D eigenvalue weighted by Gasteiger charge is -2.13. The monoisotopic (exact) mass is 377 g/mol. The molecule has 0 fully saturated rings. The van der Waals surface area contributed by atoms with Crippen molar-refractivity contribution in [2.45, 2.75) is 19.5 Å². The van der Waals surface area contributed by atoms with Crippen molar-refractivity contribution in [1.82, 2.24) is 5.32 Å². The first-order valence-electron chi connectivity index (χ1n) is 6.82. The Labute approximate surface area is 141 Å². The van der Waals surface area contributed by atoms with E-state index in [1.807, 2.05) is 11.3 Å². The van der Waals surface area contributed by atoms with Gasteiger partial charge < -0.3 is 5.32 Å². The van der Waals surface area contributed by atoms with Gasteiger partial charge >= 0.3 is 0 Å². The van der Waals surface area contributed by atoms with Crippen LogP contribution >= 0.6 is 38.6 Å². The molecule has 0 aliphatic rings. The fourth-order valence-electron chi connectivity index (χ4n) is 2.17. The SMILES string of the molecule is CC(NCc1cc(-c2cccs2)cs1)c1ccc(Br)cc1. The van der Waals surface area contributed by atoms with Gasteiger partial charge in [0.2, 0.25) is 0 Å². The van der Waals surface area contributed by atoms with Crippen LogP contribution in [-0.2, 0) is 6.54 Å². The summed E-state index contributed by atoms with van der Waals surface area (Å²) >= 11 is 7.09. The van der Waals surface area contributed by atoms with Gasteiger partial charge in [0, 0.05) is 32.4 Å². The Balaban J connectivity index is 1.61. The van der Waals surface area contributed by atoms with Gasteiger partial charge in [0.15, 0.2) is 0 Å². The Morgan fingerprint density at radius 1 is 1.14 bits per heavy atom. The molecule has 21 heavy (non-hydrogen) atoms. The lowest BCUT2D eigenvalue weighted by atomic mass is 10.1. The number of nitrogens with one attached hydrogen (secondary N) is 1. The molecular weight excluding hydrogens is 362 g/mol. The zero-order valence-corrected chi connectivity index (χ0v) is 14.9. The predicted octanol–water partition coefficient (Wildman–Crippen LogP) is 6.09. The number of hydrogen-bond donors (Lipinski definition) is 1. The Kier molecular flexibility index (Phi) is 4.91. The lowest BCUT2D eigenvalue weighted by Crippen LogP contribution is -2.17. The number of hydrogen-bond acceptors (Lipinski definition) is 3. The molecule has 2 heterocycles. The molecule has 2 aromatic heterocycles. The van der Waals surface area contributed by atoms with Gasteiger partial charge in [-0.2, -0.15) is 0 Å². The van der Waals surface area contributed by atoms with Crippen molar-refractivity contribution in [3.8, 4) is 10.4 Å². The first-order chi connectivity index (χ1) is 10.2. The predicted molar refractivity (Wildman–Crippen MR) is 97.0 cm³/mol. The molecule has 0 spiro atoms. The van der Waals surface area contributed by atoms with E-state index in [0.29, 0.717) is 6.04 Å². The Bertz CT molecular complexity index is 686. The maximum Gasteiger partial charge on any atom is 0.0351 e. The topological polar surface area (TPSA) is 12.0 Å². The third-order valence-electron chi connectivity index (χ3n) is 3.41.